The van der Waals surface area contributed by atoms with Crippen LogP contribution in [0.4, 0.5) is 10.1 Å². The zero-order valence-electron chi connectivity index (χ0n) is 19.9. The molecule has 11 heteroatoms. The van der Waals surface area contributed by atoms with Crippen LogP contribution >= 0.6 is 11.6 Å². The lowest BCUT2D eigenvalue weighted by atomic mass is 9.93. The summed E-state index contributed by atoms with van der Waals surface area (Å²) in [4.78, 5) is 18.3. The van der Waals surface area contributed by atoms with Crippen LogP contribution in [0.1, 0.15) is 0 Å². The Bertz CT molecular complexity index is 1560. The predicted molar refractivity (Wildman–Crippen MR) is 135 cm³/mol. The lowest BCUT2D eigenvalue weighted by Gasteiger charge is -2.46. The molecule has 0 amide bonds. The van der Waals surface area contributed by atoms with Crippen LogP contribution in [-0.4, -0.2) is 61.8 Å². The Morgan fingerprint density at radius 1 is 1.14 bits per heavy atom. The molecule has 0 spiro atoms. The third kappa shape index (κ3) is 4.27. The van der Waals surface area contributed by atoms with Gasteiger partial charge in [0.1, 0.15) is 22.9 Å². The van der Waals surface area contributed by atoms with E-state index in [0.717, 1.165) is 0 Å². The number of aromatic nitrogens is 3. The highest BCUT2D eigenvalue weighted by atomic mass is 35.5. The Kier molecular flexibility index (Phi) is 6.07. The molecule has 37 heavy (non-hydrogen) atoms. The van der Waals surface area contributed by atoms with E-state index in [9.17, 15) is 24.5 Å². The highest BCUT2D eigenvalue weighted by Gasteiger charge is 2.42. The molecule has 2 aromatic carbocycles. The van der Waals surface area contributed by atoms with E-state index in [-0.39, 0.29) is 53.2 Å². The van der Waals surface area contributed by atoms with E-state index in [4.69, 9.17) is 16.3 Å². The number of anilines is 1. The van der Waals surface area contributed by atoms with Gasteiger partial charge in [-0.1, -0.05) is 17.7 Å². The minimum Gasteiger partial charge on any atom is -0.507 e. The van der Waals surface area contributed by atoms with Gasteiger partial charge in [0.2, 0.25) is 5.88 Å². The Morgan fingerprint density at radius 2 is 1.84 bits per heavy atom. The zero-order chi connectivity index (χ0) is 26.5. The van der Waals surface area contributed by atoms with Crippen molar-refractivity contribution in [3.05, 3.63) is 76.3 Å². The van der Waals surface area contributed by atoms with Gasteiger partial charge >= 0.3 is 5.69 Å². The van der Waals surface area contributed by atoms with E-state index < -0.39 is 11.4 Å². The van der Waals surface area contributed by atoms with E-state index in [2.05, 4.69) is 17.4 Å². The van der Waals surface area contributed by atoms with Crippen molar-refractivity contribution >= 4 is 17.3 Å². The molecule has 4 aromatic rings. The molecule has 3 heterocycles. The third-order valence-corrected chi connectivity index (χ3v) is 6.63. The number of rotatable bonds is 6. The van der Waals surface area contributed by atoms with E-state index in [0.29, 0.717) is 22.5 Å². The SMILES string of the molecule is COc1ncc(-c2cc(F)cc(-c3ccc(-n4c#cn(C)c4=O)c(Cl)c3)c2O)cc1N1CC(O)(CO)C1. The largest absolute Gasteiger partial charge is 0.507 e. The maximum absolute atomic E-state index is 14.8. The van der Waals surface area contributed by atoms with Gasteiger partial charge in [-0.05, 0) is 35.9 Å². The monoisotopic (exact) mass is 524 g/mol. The topological polar surface area (TPSA) is 113 Å². The highest BCUT2D eigenvalue weighted by Crippen LogP contribution is 2.43. The number of aliphatic hydroxyl groups excluding tert-OH is 1. The Hall–Kier alpha value is -4.04. The summed E-state index contributed by atoms with van der Waals surface area (Å²) in [6.45, 7) is -0.0602. The molecule has 0 atom stereocenters. The number of hydrogen-bond acceptors (Lipinski definition) is 7. The summed E-state index contributed by atoms with van der Waals surface area (Å²) < 4.78 is 22.6. The first kappa shape index (κ1) is 24.6. The van der Waals surface area contributed by atoms with Crippen molar-refractivity contribution in [1.29, 1.82) is 0 Å². The minimum atomic E-state index is -1.22. The molecule has 5 rings (SSSR count). The van der Waals surface area contributed by atoms with Crippen LogP contribution in [0.3, 0.4) is 0 Å². The fourth-order valence-electron chi connectivity index (χ4n) is 4.34. The van der Waals surface area contributed by atoms with Crippen LogP contribution in [0.2, 0.25) is 5.02 Å². The Labute approximate surface area is 216 Å². The number of phenols is 1. The van der Waals surface area contributed by atoms with Gasteiger partial charge in [-0.3, -0.25) is 4.57 Å². The predicted octanol–water partition coefficient (Wildman–Crippen LogP) is 2.56. The quantitative estimate of drug-likeness (QED) is 0.355. The first-order valence-corrected chi connectivity index (χ1v) is 11.6. The number of phenolic OH excluding ortho intramolecular Hbond substituents is 1. The summed E-state index contributed by atoms with van der Waals surface area (Å²) in [5, 5.41) is 30.9. The van der Waals surface area contributed by atoms with Gasteiger partial charge < -0.3 is 25.0 Å². The Morgan fingerprint density at radius 3 is 2.43 bits per heavy atom. The van der Waals surface area contributed by atoms with Gasteiger partial charge in [0.15, 0.2) is 0 Å². The molecule has 1 aliphatic heterocycles. The summed E-state index contributed by atoms with van der Waals surface area (Å²) >= 11 is 6.44. The second-order valence-electron chi connectivity index (χ2n) is 8.91. The first-order valence-electron chi connectivity index (χ1n) is 11.2. The van der Waals surface area contributed by atoms with Crippen molar-refractivity contribution in [1.82, 2.24) is 14.1 Å². The number of pyridine rings is 1. The van der Waals surface area contributed by atoms with Crippen LogP contribution in [-0.2, 0) is 7.05 Å². The Balaban J connectivity index is 1.55. The smallest absolute Gasteiger partial charge is 0.347 e. The molecule has 2 aromatic heterocycles. The number of aliphatic hydroxyl groups is 2. The van der Waals surface area contributed by atoms with Crippen molar-refractivity contribution in [2.45, 2.75) is 5.60 Å². The lowest BCUT2D eigenvalue weighted by molar-refractivity contribution is -0.0361. The number of aromatic hydroxyl groups is 1. The zero-order valence-corrected chi connectivity index (χ0v) is 20.6. The van der Waals surface area contributed by atoms with Crippen LogP contribution in [0.25, 0.3) is 27.9 Å². The summed E-state index contributed by atoms with van der Waals surface area (Å²) in [5.74, 6) is -0.510. The highest BCUT2D eigenvalue weighted by molar-refractivity contribution is 6.32. The van der Waals surface area contributed by atoms with Gasteiger partial charge in [0, 0.05) is 42.3 Å². The van der Waals surface area contributed by atoms with Gasteiger partial charge in [-0.25, -0.2) is 18.7 Å². The average molecular weight is 525 g/mol. The van der Waals surface area contributed by atoms with Crippen LogP contribution in [0, 0.1) is 18.2 Å². The number of ether oxygens (including phenoxy) is 1. The van der Waals surface area contributed by atoms with Crippen LogP contribution < -0.4 is 15.3 Å². The summed E-state index contributed by atoms with van der Waals surface area (Å²) in [7, 11) is 2.99. The second kappa shape index (κ2) is 9.12. The summed E-state index contributed by atoms with van der Waals surface area (Å²) in [5.41, 5.74) is 0.507. The van der Waals surface area contributed by atoms with Gasteiger partial charge in [-0.2, -0.15) is 0 Å². The van der Waals surface area contributed by atoms with Crippen molar-refractivity contribution in [2.24, 2.45) is 7.05 Å². The van der Waals surface area contributed by atoms with Crippen molar-refractivity contribution in [3.8, 4) is 39.6 Å². The molecule has 0 unspecified atom stereocenters. The number of methoxy groups -OCH3 is 1. The maximum atomic E-state index is 14.8. The van der Waals surface area contributed by atoms with Crippen molar-refractivity contribution < 1.29 is 24.4 Å². The average Bonchev–Trinajstić information content (AvgIpc) is 3.20. The van der Waals surface area contributed by atoms with Gasteiger partial charge in [0.05, 0.1) is 37.5 Å². The fraction of sp³-hybridized carbons (Fsp3) is 0.231. The summed E-state index contributed by atoms with van der Waals surface area (Å²) in [6, 6.07) is 8.76. The molecule has 9 nitrogen and oxygen atoms in total. The molecule has 3 N–H and O–H groups in total. The molecule has 190 valence electrons. The molecule has 0 saturated carbocycles. The number of hydrogen-bond donors (Lipinski definition) is 3. The van der Waals surface area contributed by atoms with E-state index in [1.807, 2.05) is 0 Å². The number of halogens is 2. The molecule has 0 aliphatic carbocycles. The maximum Gasteiger partial charge on any atom is 0.347 e. The normalized spacial score (nSPS) is 14.3. The number of β-amino-alcohol motifs (C(OH)–C–C–N with tert-alkyl or cyclic N) is 1. The van der Waals surface area contributed by atoms with Gasteiger partial charge in [-0.15, -0.1) is 0 Å². The van der Waals surface area contributed by atoms with Gasteiger partial charge in [0.25, 0.3) is 0 Å². The number of benzene rings is 2. The fourth-order valence-corrected chi connectivity index (χ4v) is 4.60. The molecular formula is C26H22ClFN4O5. The molecule has 1 saturated heterocycles. The lowest BCUT2D eigenvalue weighted by Crippen LogP contribution is -2.64. The standard InChI is InChI=1S/C26H22ClFN4O5/c1-30-5-6-32(25(30)35)21-4-3-15(7-20(21)27)18-9-17(28)10-19(23(18)34)16-8-22(24(37-2)29-11-16)31-12-26(36,13-31)14-33/h3-4,7-11,33-34,36H,12-14H2,1-2H3. The van der Waals surface area contributed by atoms with Crippen LogP contribution in [0.15, 0.2) is 47.4 Å². The molecule has 1 aliphatic rings. The molecule has 0 radical (unpaired) electrons. The second-order valence-corrected chi connectivity index (χ2v) is 9.31. The summed E-state index contributed by atoms with van der Waals surface area (Å²) in [6.07, 6.45) is 6.77. The first-order chi connectivity index (χ1) is 17.6. The minimum absolute atomic E-state index is 0.163. The third-order valence-electron chi connectivity index (χ3n) is 6.32. The van der Waals surface area contributed by atoms with Crippen LogP contribution in [0.5, 0.6) is 11.6 Å². The van der Waals surface area contributed by atoms with Crippen molar-refractivity contribution in [2.75, 3.05) is 31.7 Å². The van der Waals surface area contributed by atoms with E-state index in [1.165, 1.54) is 47.7 Å². The number of nitrogens with zero attached hydrogens (tertiary/aromatic N) is 4. The van der Waals surface area contributed by atoms with Crippen molar-refractivity contribution in [3.63, 3.8) is 0 Å². The van der Waals surface area contributed by atoms with E-state index >= 15 is 0 Å². The molecular weight excluding hydrogens is 503 g/mol. The van der Waals surface area contributed by atoms with E-state index in [1.54, 1.807) is 23.1 Å². The molecule has 1 fully saturated rings. The molecule has 0 bridgehead atoms.